The molecule has 0 saturated carbocycles. The van der Waals surface area contributed by atoms with Crippen molar-refractivity contribution >= 4 is 100 Å². The Morgan fingerprint density at radius 3 is 1.12 bits per heavy atom. The van der Waals surface area contributed by atoms with Crippen LogP contribution in [0.3, 0.4) is 0 Å². The maximum Gasteiger partial charge on any atom is 0.251 e. The molecule has 26 heteroatoms. The minimum Gasteiger partial charge on any atom is -0.378 e. The summed E-state index contributed by atoms with van der Waals surface area (Å²) >= 11 is 0. The van der Waals surface area contributed by atoms with Crippen LogP contribution in [0.15, 0.2) is 48.5 Å². The van der Waals surface area contributed by atoms with Gasteiger partial charge in [-0.25, -0.2) is 0 Å². The van der Waals surface area contributed by atoms with E-state index in [2.05, 4.69) is 78.3 Å². The zero-order chi connectivity index (χ0) is 50.0. The zero-order valence-electron chi connectivity index (χ0n) is 39.5. The number of hydrogen-bond acceptors (Lipinski definition) is 14. The highest BCUT2D eigenvalue weighted by molar-refractivity contribution is 8.02. The van der Waals surface area contributed by atoms with Crippen LogP contribution in [0.2, 0.25) is 0 Å². The van der Waals surface area contributed by atoms with Crippen LogP contribution in [0, 0.1) is 0 Å². The van der Waals surface area contributed by atoms with Crippen LogP contribution in [0.5, 0.6) is 0 Å². The van der Waals surface area contributed by atoms with Gasteiger partial charge in [0.15, 0.2) is 0 Å². The van der Waals surface area contributed by atoms with Crippen LogP contribution in [0.25, 0.3) is 0 Å². The number of nitrogens with zero attached hydrogens (tertiary/aromatic N) is 2. The largest absolute Gasteiger partial charge is 0.378 e. The normalized spacial score (nSPS) is 10.9. The molecule has 384 valence electrons. The molecule has 2 rings (SSSR count). The number of ether oxygens (including phenoxy) is 4. The predicted molar refractivity (Wildman–Crippen MR) is 289 cm³/mol. The lowest BCUT2D eigenvalue weighted by molar-refractivity contribution is -0.133. The van der Waals surface area contributed by atoms with Crippen molar-refractivity contribution in [2.45, 2.75) is 39.5 Å². The van der Waals surface area contributed by atoms with Crippen molar-refractivity contribution in [1.82, 2.24) is 41.2 Å². The molecule has 20 nitrogen and oxygen atoms in total. The second kappa shape index (κ2) is 43.0. The molecule has 0 fully saturated rings. The quantitative estimate of drug-likeness (QED) is 0.0357. The maximum absolute atomic E-state index is 12.4. The summed E-state index contributed by atoms with van der Waals surface area (Å²) in [4.78, 5) is 76.5. The third kappa shape index (κ3) is 32.2. The highest BCUT2D eigenvalue weighted by atomic mass is 32.0. The number of rotatable bonds is 38. The average Bonchev–Trinajstić information content (AvgIpc) is 3.36. The van der Waals surface area contributed by atoms with Crippen molar-refractivity contribution in [2.24, 2.45) is 0 Å². The Morgan fingerprint density at radius 1 is 0.471 bits per heavy atom. The molecule has 0 saturated heterocycles. The number of anilines is 2. The third-order valence-corrected chi connectivity index (χ3v) is 12.2. The minimum absolute atomic E-state index is 0.115. The molecular formula is C42H76N10O10P6. The first kappa shape index (κ1) is 63.2. The molecule has 0 heterocycles. The molecule has 0 aliphatic rings. The molecule has 6 unspecified atom stereocenters. The Bertz CT molecular complexity index is 1580. The van der Waals surface area contributed by atoms with Gasteiger partial charge < -0.3 is 60.2 Å². The second-order valence-corrected chi connectivity index (χ2v) is 17.8. The molecule has 6 atom stereocenters. The lowest BCUT2D eigenvalue weighted by Gasteiger charge is -2.21. The van der Waals surface area contributed by atoms with Crippen LogP contribution >= 0.6 is 53.5 Å². The Kier molecular flexibility index (Phi) is 40.0. The van der Waals surface area contributed by atoms with Crippen molar-refractivity contribution in [3.05, 3.63) is 59.7 Å². The van der Waals surface area contributed by atoms with Gasteiger partial charge in [-0.1, -0.05) is 17.9 Å². The zero-order valence-corrected chi connectivity index (χ0v) is 46.1. The number of carbonyl (C=O) groups excluding carboxylic acids is 6. The van der Waals surface area contributed by atoms with Crippen LogP contribution in [-0.2, 0) is 38.1 Å². The monoisotopic (exact) mass is 1070 g/mol. The Balaban J connectivity index is 0.000000680. The topological polar surface area (TPSA) is 242 Å². The summed E-state index contributed by atoms with van der Waals surface area (Å²) in [5.74, 6) is -1.00. The number of amides is 6. The number of carbonyl (C=O) groups is 6. The summed E-state index contributed by atoms with van der Waals surface area (Å²) < 4.78 is 21.6. The molecule has 0 bridgehead atoms. The van der Waals surface area contributed by atoms with E-state index in [1.807, 2.05) is 38.1 Å². The first-order chi connectivity index (χ1) is 33.0. The summed E-state index contributed by atoms with van der Waals surface area (Å²) in [7, 11) is 11.3. The van der Waals surface area contributed by atoms with Gasteiger partial charge in [0.25, 0.3) is 11.8 Å². The van der Waals surface area contributed by atoms with Crippen molar-refractivity contribution in [3.63, 3.8) is 0 Å². The smallest absolute Gasteiger partial charge is 0.251 e. The highest BCUT2D eigenvalue weighted by Gasteiger charge is 2.16. The Morgan fingerprint density at radius 2 is 0.809 bits per heavy atom. The Hall–Kier alpha value is -2.80. The molecule has 0 spiro atoms. The van der Waals surface area contributed by atoms with Gasteiger partial charge in [-0.15, -0.1) is 0 Å². The molecule has 0 aliphatic heterocycles. The minimum atomic E-state index is -0.194. The van der Waals surface area contributed by atoms with Crippen LogP contribution in [0.1, 0.15) is 60.2 Å². The fraction of sp³-hybridized carbons (Fsp3) is 0.571. The van der Waals surface area contributed by atoms with E-state index in [1.165, 1.54) is 0 Å². The molecule has 8 N–H and O–H groups in total. The van der Waals surface area contributed by atoms with Gasteiger partial charge in [-0.3, -0.25) is 38.9 Å². The number of nitrogens with one attached hydrogen (secondary N) is 8. The molecule has 2 aromatic rings. The molecule has 2 aromatic carbocycles. The second-order valence-electron chi connectivity index (χ2n) is 14.2. The van der Waals surface area contributed by atoms with Gasteiger partial charge in [-0.05, 0) is 98.0 Å². The van der Waals surface area contributed by atoms with E-state index in [9.17, 15) is 28.8 Å². The third-order valence-electron chi connectivity index (χ3n) is 9.39. The Labute approximate surface area is 415 Å². The van der Waals surface area contributed by atoms with Crippen molar-refractivity contribution in [3.8, 4) is 0 Å². The van der Waals surface area contributed by atoms with E-state index in [1.54, 1.807) is 34.1 Å². The maximum atomic E-state index is 12.4. The van der Waals surface area contributed by atoms with E-state index in [4.69, 9.17) is 18.9 Å². The van der Waals surface area contributed by atoms with Crippen molar-refractivity contribution in [1.29, 1.82) is 0 Å². The molecule has 0 aromatic heterocycles. The van der Waals surface area contributed by atoms with Gasteiger partial charge in [0.1, 0.15) is 0 Å². The van der Waals surface area contributed by atoms with E-state index in [0.29, 0.717) is 133 Å². The molecule has 68 heavy (non-hydrogen) atoms. The summed E-state index contributed by atoms with van der Waals surface area (Å²) in [5, 5.41) is 23.3. The van der Waals surface area contributed by atoms with Gasteiger partial charge >= 0.3 is 0 Å². The summed E-state index contributed by atoms with van der Waals surface area (Å²) in [6.07, 6.45) is 0.474. The first-order valence-corrected chi connectivity index (χ1v) is 29.3. The molecule has 0 radical (unpaired) electrons. The summed E-state index contributed by atoms with van der Waals surface area (Å²) in [6, 6.07) is 14.2. The van der Waals surface area contributed by atoms with Crippen molar-refractivity contribution < 1.29 is 47.7 Å². The van der Waals surface area contributed by atoms with Crippen LogP contribution < -0.4 is 41.6 Å². The number of benzene rings is 2. The fourth-order valence-corrected chi connectivity index (χ4v) is 7.40. The fourth-order valence-electron chi connectivity index (χ4n) is 5.66. The summed E-state index contributed by atoms with van der Waals surface area (Å²) in [6.45, 7) is 12.6. The van der Waals surface area contributed by atoms with E-state index in [-0.39, 0.29) is 61.1 Å². The molecule has 6 amide bonds. The van der Waals surface area contributed by atoms with Crippen LogP contribution in [0.4, 0.5) is 11.4 Å². The number of hydrogen-bond donors (Lipinski definition) is 8. The van der Waals surface area contributed by atoms with E-state index >= 15 is 0 Å². The number of likely N-dealkylation sites (N-methyl/N-ethyl adjacent to an activating group) is 2. The summed E-state index contributed by atoms with van der Waals surface area (Å²) in [5.41, 5.74) is 2.88. The van der Waals surface area contributed by atoms with Crippen molar-refractivity contribution in [2.75, 3.05) is 128 Å². The molecule has 0 aliphatic carbocycles. The highest BCUT2D eigenvalue weighted by Crippen LogP contribution is 2.13. The average molecular weight is 1070 g/mol. The lowest BCUT2D eigenvalue weighted by Crippen LogP contribution is -2.39. The van der Waals surface area contributed by atoms with E-state index < -0.39 is 0 Å². The standard InChI is InChI=1S/2C21H38N5O5P3/c2*1-2-26(12-9-23-21(29)17-3-5-18(25-32)6-4-17)20(28)8-7-19(27)22-10-13-30-15-16-31-14-11-24-34-33/h2*3-6,24-25,34H,2,7-16,32-33H2,1H3,(H,22,27)(H,23,29). The van der Waals surface area contributed by atoms with Crippen LogP contribution in [-0.4, -0.2) is 164 Å². The van der Waals surface area contributed by atoms with Gasteiger partial charge in [0.05, 0.1) is 52.9 Å². The lowest BCUT2D eigenvalue weighted by atomic mass is 10.2. The first-order valence-electron chi connectivity index (χ1n) is 22.5. The van der Waals surface area contributed by atoms with Gasteiger partial charge in [0.2, 0.25) is 23.6 Å². The van der Waals surface area contributed by atoms with E-state index in [0.717, 1.165) is 24.5 Å². The van der Waals surface area contributed by atoms with Gasteiger partial charge in [0, 0.05) is 114 Å². The SMILES string of the molecule is CCN(CCNC(=O)c1ccc(NP)cc1)C(=O)CCC(=O)NCCOCCOCCNPP.CCN(CCNC(=O)c1ccc(NP)cc1)C(=O)CCC(=O)NCCOCCOCCNPP. The molecular weight excluding hydrogens is 990 g/mol. The predicted octanol–water partition coefficient (Wildman–Crippen LogP) is 2.74. The van der Waals surface area contributed by atoms with Gasteiger partial charge in [-0.2, -0.15) is 0 Å².